The van der Waals surface area contributed by atoms with E-state index in [2.05, 4.69) is 10.3 Å². The van der Waals surface area contributed by atoms with Gasteiger partial charge >= 0.3 is 0 Å². The number of amides is 2. The Balaban J connectivity index is 1.51. The summed E-state index contributed by atoms with van der Waals surface area (Å²) in [7, 11) is 1.93. The topological polar surface area (TPSA) is 70.5 Å². The van der Waals surface area contributed by atoms with Gasteiger partial charge in [0.2, 0.25) is 0 Å². The summed E-state index contributed by atoms with van der Waals surface area (Å²) in [6.07, 6.45) is 4.44. The number of carbonyl (C=O) groups excluding carboxylic acids is 2. The van der Waals surface area contributed by atoms with Crippen LogP contribution in [0.4, 0.5) is 0 Å². The van der Waals surface area contributed by atoms with Gasteiger partial charge in [0.1, 0.15) is 0 Å². The van der Waals surface area contributed by atoms with Crippen LogP contribution in [-0.4, -0.2) is 63.9 Å². The molecule has 1 aromatic heterocycles. The Hall–Kier alpha value is -2.67. The number of benzene rings is 1. The van der Waals surface area contributed by atoms with E-state index in [0.717, 1.165) is 24.3 Å². The number of imidazole rings is 1. The molecule has 3 heterocycles. The van der Waals surface area contributed by atoms with E-state index in [1.54, 1.807) is 6.33 Å². The van der Waals surface area contributed by atoms with E-state index < -0.39 is 0 Å². The summed E-state index contributed by atoms with van der Waals surface area (Å²) in [6.45, 7) is 4.15. The number of nitrogens with zero attached hydrogens (tertiary/aromatic N) is 4. The fourth-order valence-electron chi connectivity index (χ4n) is 3.66. The van der Waals surface area contributed by atoms with E-state index in [1.165, 1.54) is 0 Å². The molecule has 0 bridgehead atoms. The second-order valence-corrected chi connectivity index (χ2v) is 6.88. The quantitative estimate of drug-likeness (QED) is 0.877. The zero-order chi connectivity index (χ0) is 18.1. The smallest absolute Gasteiger partial charge is 0.254 e. The molecule has 1 fully saturated rings. The van der Waals surface area contributed by atoms with Crippen LogP contribution in [0, 0.1) is 0 Å². The number of nitrogens with one attached hydrogen (secondary N) is 1. The molecule has 136 valence electrons. The lowest BCUT2D eigenvalue weighted by atomic mass is 10.0. The predicted octanol–water partition coefficient (Wildman–Crippen LogP) is 0.664. The number of fused-ring (bicyclic) bond motifs is 1. The van der Waals surface area contributed by atoms with Gasteiger partial charge in [-0.25, -0.2) is 4.98 Å². The highest BCUT2D eigenvalue weighted by Crippen LogP contribution is 2.27. The summed E-state index contributed by atoms with van der Waals surface area (Å²) in [4.78, 5) is 33.6. The van der Waals surface area contributed by atoms with Crippen molar-refractivity contribution in [3.05, 3.63) is 53.1 Å². The number of rotatable bonds is 4. The first-order valence-corrected chi connectivity index (χ1v) is 9.01. The van der Waals surface area contributed by atoms with Gasteiger partial charge in [0, 0.05) is 70.1 Å². The highest BCUT2D eigenvalue weighted by atomic mass is 16.2. The van der Waals surface area contributed by atoms with Crippen LogP contribution in [0.15, 0.2) is 30.7 Å². The van der Waals surface area contributed by atoms with E-state index in [0.29, 0.717) is 43.7 Å². The predicted molar refractivity (Wildman–Crippen MR) is 96.9 cm³/mol. The maximum absolute atomic E-state index is 12.9. The SMILES string of the molecule is Cn1cnc(CCN2Cc3c(C(=O)N4CCNCC4)cccc3C2=O)c1. The van der Waals surface area contributed by atoms with Gasteiger partial charge in [0.15, 0.2) is 0 Å². The van der Waals surface area contributed by atoms with Crippen molar-refractivity contribution >= 4 is 11.8 Å². The van der Waals surface area contributed by atoms with E-state index in [4.69, 9.17) is 0 Å². The summed E-state index contributed by atoms with van der Waals surface area (Å²) in [6, 6.07) is 5.49. The van der Waals surface area contributed by atoms with Gasteiger partial charge in [-0.2, -0.15) is 0 Å². The number of aromatic nitrogens is 2. The average Bonchev–Trinajstić information content (AvgIpc) is 3.23. The fourth-order valence-corrected chi connectivity index (χ4v) is 3.66. The van der Waals surface area contributed by atoms with Gasteiger partial charge in [-0.3, -0.25) is 9.59 Å². The third kappa shape index (κ3) is 3.10. The molecule has 1 saturated heterocycles. The molecule has 26 heavy (non-hydrogen) atoms. The van der Waals surface area contributed by atoms with Gasteiger partial charge in [0.05, 0.1) is 12.0 Å². The largest absolute Gasteiger partial charge is 0.340 e. The lowest BCUT2D eigenvalue weighted by Gasteiger charge is -2.28. The number of hydrogen-bond acceptors (Lipinski definition) is 4. The molecular weight excluding hydrogens is 330 g/mol. The second-order valence-electron chi connectivity index (χ2n) is 6.88. The summed E-state index contributed by atoms with van der Waals surface area (Å²) < 4.78 is 1.90. The normalized spacial score (nSPS) is 16.9. The van der Waals surface area contributed by atoms with Crippen molar-refractivity contribution in [1.29, 1.82) is 0 Å². The monoisotopic (exact) mass is 353 g/mol. The zero-order valence-corrected chi connectivity index (χ0v) is 14.9. The fraction of sp³-hybridized carbons (Fsp3) is 0.421. The molecule has 4 rings (SSSR count). The van der Waals surface area contributed by atoms with Crippen LogP contribution >= 0.6 is 0 Å². The highest BCUT2D eigenvalue weighted by Gasteiger charge is 2.32. The number of piperazine rings is 1. The average molecular weight is 353 g/mol. The van der Waals surface area contributed by atoms with E-state index >= 15 is 0 Å². The molecule has 1 N–H and O–H groups in total. The minimum atomic E-state index is 0.00546. The molecule has 0 spiro atoms. The first kappa shape index (κ1) is 16.8. The van der Waals surface area contributed by atoms with Crippen LogP contribution in [0.1, 0.15) is 32.0 Å². The summed E-state index contributed by atoms with van der Waals surface area (Å²) in [5, 5.41) is 3.26. The summed E-state index contributed by atoms with van der Waals surface area (Å²) >= 11 is 0. The van der Waals surface area contributed by atoms with E-state index in [9.17, 15) is 9.59 Å². The molecule has 0 aliphatic carbocycles. The Kier molecular flexibility index (Phi) is 4.46. The van der Waals surface area contributed by atoms with E-state index in [1.807, 2.05) is 45.8 Å². The minimum absolute atomic E-state index is 0.00546. The molecular formula is C19H23N5O2. The Morgan fingerprint density at radius 2 is 2.08 bits per heavy atom. The molecule has 2 aromatic rings. The second kappa shape index (κ2) is 6.92. The standard InChI is InChI=1S/C19H23N5O2/c1-22-11-14(21-13-22)5-8-24-12-17-15(3-2-4-16(17)19(24)26)18(25)23-9-6-20-7-10-23/h2-4,11,13,20H,5-10,12H2,1H3. The van der Waals surface area contributed by atoms with Crippen LogP contribution < -0.4 is 5.32 Å². The molecule has 7 nitrogen and oxygen atoms in total. The maximum Gasteiger partial charge on any atom is 0.254 e. The first-order chi connectivity index (χ1) is 12.6. The number of carbonyl (C=O) groups is 2. The van der Waals surface area contributed by atoms with Gasteiger partial charge in [-0.05, 0) is 17.7 Å². The van der Waals surface area contributed by atoms with Crippen LogP contribution in [0.2, 0.25) is 0 Å². The van der Waals surface area contributed by atoms with Crippen LogP contribution in [0.5, 0.6) is 0 Å². The molecule has 0 unspecified atom stereocenters. The Labute approximate surface area is 152 Å². The Morgan fingerprint density at radius 3 is 2.81 bits per heavy atom. The van der Waals surface area contributed by atoms with E-state index in [-0.39, 0.29) is 11.8 Å². The Bertz CT molecular complexity index is 838. The van der Waals surface area contributed by atoms with Gasteiger partial charge < -0.3 is 19.7 Å². The molecule has 2 aliphatic heterocycles. The Morgan fingerprint density at radius 1 is 1.27 bits per heavy atom. The molecule has 7 heteroatoms. The highest BCUT2D eigenvalue weighted by molar-refractivity contribution is 6.04. The molecule has 1 aromatic carbocycles. The van der Waals surface area contributed by atoms with Crippen LogP contribution in [0.25, 0.3) is 0 Å². The van der Waals surface area contributed by atoms with Crippen LogP contribution in [-0.2, 0) is 20.0 Å². The molecule has 2 aliphatic rings. The van der Waals surface area contributed by atoms with Crippen molar-refractivity contribution in [3.63, 3.8) is 0 Å². The zero-order valence-electron chi connectivity index (χ0n) is 14.9. The summed E-state index contributed by atoms with van der Waals surface area (Å²) in [5.74, 6) is 0.0358. The molecule has 0 radical (unpaired) electrons. The van der Waals surface area contributed by atoms with Crippen molar-refractivity contribution in [2.75, 3.05) is 32.7 Å². The first-order valence-electron chi connectivity index (χ1n) is 9.01. The van der Waals surface area contributed by atoms with Gasteiger partial charge in [-0.1, -0.05) is 6.07 Å². The third-order valence-electron chi connectivity index (χ3n) is 5.07. The van der Waals surface area contributed by atoms with Crippen molar-refractivity contribution in [3.8, 4) is 0 Å². The van der Waals surface area contributed by atoms with Gasteiger partial charge in [-0.15, -0.1) is 0 Å². The van der Waals surface area contributed by atoms with Crippen molar-refractivity contribution in [1.82, 2.24) is 24.7 Å². The maximum atomic E-state index is 12.9. The lowest BCUT2D eigenvalue weighted by molar-refractivity contribution is 0.0730. The number of hydrogen-bond donors (Lipinski definition) is 1. The molecule has 0 atom stereocenters. The lowest BCUT2D eigenvalue weighted by Crippen LogP contribution is -2.46. The molecule has 2 amide bonds. The van der Waals surface area contributed by atoms with Crippen molar-refractivity contribution < 1.29 is 9.59 Å². The number of aryl methyl sites for hydroxylation is 1. The van der Waals surface area contributed by atoms with Crippen LogP contribution in [0.3, 0.4) is 0 Å². The summed E-state index contributed by atoms with van der Waals surface area (Å²) in [5.41, 5.74) is 3.15. The minimum Gasteiger partial charge on any atom is -0.340 e. The van der Waals surface area contributed by atoms with Gasteiger partial charge in [0.25, 0.3) is 11.8 Å². The molecule has 0 saturated carbocycles. The van der Waals surface area contributed by atoms with Crippen molar-refractivity contribution in [2.24, 2.45) is 7.05 Å². The van der Waals surface area contributed by atoms with Crippen molar-refractivity contribution in [2.45, 2.75) is 13.0 Å². The third-order valence-corrected chi connectivity index (χ3v) is 5.07.